The minimum absolute atomic E-state index is 0.409. The largest absolute Gasteiger partial charge is 0.490 e. The van der Waals surface area contributed by atoms with Crippen molar-refractivity contribution in [3.8, 4) is 11.5 Å². The van der Waals surface area contributed by atoms with Crippen LogP contribution < -0.4 is 9.47 Å². The molecule has 0 saturated carbocycles. The summed E-state index contributed by atoms with van der Waals surface area (Å²) < 4.78 is 12.8. The molecule has 0 aliphatic rings. The van der Waals surface area contributed by atoms with E-state index >= 15 is 0 Å². The first-order valence-corrected chi connectivity index (χ1v) is 10.9. The standard InChI is InChI=1S/C23H20Cl2INO2/c1-3-28-22-11-17(13-27-21-12-19(25)8-7-15(21)2)10-20(26)23(22)29-14-16-5-4-6-18(24)9-16/h4-13H,3,14H2,1-2H3. The fraction of sp³-hybridized carbons (Fsp3) is 0.174. The molecule has 0 aliphatic carbocycles. The normalized spacial score (nSPS) is 11.1. The molecule has 0 unspecified atom stereocenters. The molecule has 0 N–H and O–H groups in total. The maximum atomic E-state index is 6.09. The van der Waals surface area contributed by atoms with Gasteiger partial charge in [-0.05, 0) is 89.5 Å². The Morgan fingerprint density at radius 3 is 2.55 bits per heavy atom. The highest BCUT2D eigenvalue weighted by atomic mass is 127. The molecule has 3 aromatic carbocycles. The number of benzene rings is 3. The Kier molecular flexibility index (Phi) is 7.81. The minimum Gasteiger partial charge on any atom is -0.490 e. The number of aliphatic imine (C=N–C) groups is 1. The molecule has 0 atom stereocenters. The number of halogens is 3. The predicted octanol–water partition coefficient (Wildman–Crippen LogP) is 7.63. The molecule has 0 fully saturated rings. The summed E-state index contributed by atoms with van der Waals surface area (Å²) in [7, 11) is 0. The second-order valence-corrected chi connectivity index (χ2v) is 8.41. The average molecular weight is 540 g/mol. The fourth-order valence-corrected chi connectivity index (χ4v) is 3.87. The molecule has 150 valence electrons. The van der Waals surface area contributed by atoms with Crippen LogP contribution in [0.3, 0.4) is 0 Å². The molecule has 3 rings (SSSR count). The van der Waals surface area contributed by atoms with Gasteiger partial charge in [-0.15, -0.1) is 0 Å². The van der Waals surface area contributed by atoms with Crippen LogP contribution in [0.2, 0.25) is 10.0 Å². The van der Waals surface area contributed by atoms with Crippen LogP contribution in [-0.4, -0.2) is 12.8 Å². The van der Waals surface area contributed by atoms with Gasteiger partial charge in [0.15, 0.2) is 11.5 Å². The molecule has 0 aromatic heterocycles. The van der Waals surface area contributed by atoms with Gasteiger partial charge in [0.25, 0.3) is 0 Å². The molecule has 6 heteroatoms. The lowest BCUT2D eigenvalue weighted by molar-refractivity contribution is 0.267. The second-order valence-electron chi connectivity index (χ2n) is 6.37. The van der Waals surface area contributed by atoms with Gasteiger partial charge in [0.1, 0.15) is 6.61 Å². The van der Waals surface area contributed by atoms with E-state index in [1.807, 2.05) is 74.7 Å². The molecule has 0 saturated heterocycles. The van der Waals surface area contributed by atoms with Gasteiger partial charge in [0.05, 0.1) is 15.9 Å². The highest BCUT2D eigenvalue weighted by Gasteiger charge is 2.12. The van der Waals surface area contributed by atoms with Crippen LogP contribution in [-0.2, 0) is 6.61 Å². The van der Waals surface area contributed by atoms with E-state index in [1.54, 1.807) is 0 Å². The van der Waals surface area contributed by atoms with Crippen molar-refractivity contribution >= 4 is 57.7 Å². The maximum absolute atomic E-state index is 6.09. The van der Waals surface area contributed by atoms with Gasteiger partial charge in [0, 0.05) is 16.3 Å². The maximum Gasteiger partial charge on any atom is 0.175 e. The zero-order chi connectivity index (χ0) is 20.8. The summed E-state index contributed by atoms with van der Waals surface area (Å²) in [6, 6.07) is 17.2. The summed E-state index contributed by atoms with van der Waals surface area (Å²) >= 11 is 14.4. The highest BCUT2D eigenvalue weighted by Crippen LogP contribution is 2.35. The molecule has 29 heavy (non-hydrogen) atoms. The van der Waals surface area contributed by atoms with Gasteiger partial charge in [-0.25, -0.2) is 0 Å². The van der Waals surface area contributed by atoms with E-state index in [-0.39, 0.29) is 0 Å². The lowest BCUT2D eigenvalue weighted by Crippen LogP contribution is -2.02. The average Bonchev–Trinajstić information content (AvgIpc) is 2.68. The van der Waals surface area contributed by atoms with Crippen molar-refractivity contribution in [2.75, 3.05) is 6.61 Å². The number of rotatable bonds is 7. The molecule has 0 amide bonds. The van der Waals surface area contributed by atoms with Crippen molar-refractivity contribution in [3.05, 3.63) is 84.9 Å². The van der Waals surface area contributed by atoms with E-state index < -0.39 is 0 Å². The Morgan fingerprint density at radius 1 is 1.00 bits per heavy atom. The zero-order valence-corrected chi connectivity index (χ0v) is 19.8. The number of hydrogen-bond acceptors (Lipinski definition) is 3. The van der Waals surface area contributed by atoms with Crippen LogP contribution in [0.15, 0.2) is 59.6 Å². The quantitative estimate of drug-likeness (QED) is 0.228. The van der Waals surface area contributed by atoms with Crippen LogP contribution in [0, 0.1) is 10.5 Å². The second kappa shape index (κ2) is 10.3. The number of nitrogens with zero attached hydrogens (tertiary/aromatic N) is 1. The third-order valence-corrected chi connectivity index (χ3v) is 5.40. The first-order valence-electron chi connectivity index (χ1n) is 9.10. The third kappa shape index (κ3) is 6.11. The lowest BCUT2D eigenvalue weighted by atomic mass is 10.2. The molecule has 0 bridgehead atoms. The molecular formula is C23H20Cl2INO2. The molecular weight excluding hydrogens is 520 g/mol. The first kappa shape index (κ1) is 21.9. The minimum atomic E-state index is 0.409. The van der Waals surface area contributed by atoms with Crippen molar-refractivity contribution in [3.63, 3.8) is 0 Å². The number of hydrogen-bond donors (Lipinski definition) is 0. The zero-order valence-electron chi connectivity index (χ0n) is 16.1. The summed E-state index contributed by atoms with van der Waals surface area (Å²) in [4.78, 5) is 4.59. The molecule has 0 aliphatic heterocycles. The smallest absolute Gasteiger partial charge is 0.175 e. The van der Waals surface area contributed by atoms with Crippen LogP contribution in [0.25, 0.3) is 0 Å². The van der Waals surface area contributed by atoms with Crippen LogP contribution >= 0.6 is 45.8 Å². The van der Waals surface area contributed by atoms with E-state index in [4.69, 9.17) is 32.7 Å². The topological polar surface area (TPSA) is 30.8 Å². The van der Waals surface area contributed by atoms with E-state index in [1.165, 1.54) is 0 Å². The van der Waals surface area contributed by atoms with Crippen molar-refractivity contribution in [1.29, 1.82) is 0 Å². The SMILES string of the molecule is CCOc1cc(C=Nc2cc(Cl)ccc2C)cc(I)c1OCc1cccc(Cl)c1. The molecule has 3 nitrogen and oxygen atoms in total. The van der Waals surface area contributed by atoms with E-state index in [0.717, 1.165) is 25.9 Å². The van der Waals surface area contributed by atoms with Gasteiger partial charge >= 0.3 is 0 Å². The van der Waals surface area contributed by atoms with Crippen LogP contribution in [0.5, 0.6) is 11.5 Å². The summed E-state index contributed by atoms with van der Waals surface area (Å²) in [5.41, 5.74) is 3.82. The van der Waals surface area contributed by atoms with Crippen molar-refractivity contribution in [2.24, 2.45) is 4.99 Å². The summed E-state index contributed by atoms with van der Waals surface area (Å²) in [5, 5.41) is 1.35. The van der Waals surface area contributed by atoms with Gasteiger partial charge in [-0.2, -0.15) is 0 Å². The number of ether oxygens (including phenoxy) is 2. The fourth-order valence-electron chi connectivity index (χ4n) is 2.71. The Morgan fingerprint density at radius 2 is 1.79 bits per heavy atom. The summed E-state index contributed by atoms with van der Waals surface area (Å²) in [6.45, 7) is 4.90. The predicted molar refractivity (Wildman–Crippen MR) is 130 cm³/mol. The van der Waals surface area contributed by atoms with Gasteiger partial charge in [-0.3, -0.25) is 4.99 Å². The van der Waals surface area contributed by atoms with E-state index in [0.29, 0.717) is 34.8 Å². The Labute approximate surface area is 194 Å². The van der Waals surface area contributed by atoms with Gasteiger partial charge < -0.3 is 9.47 Å². The van der Waals surface area contributed by atoms with Gasteiger partial charge in [-0.1, -0.05) is 41.4 Å². The highest BCUT2D eigenvalue weighted by molar-refractivity contribution is 14.1. The summed E-state index contributed by atoms with van der Waals surface area (Å²) in [6.07, 6.45) is 1.81. The van der Waals surface area contributed by atoms with Crippen LogP contribution in [0.4, 0.5) is 5.69 Å². The van der Waals surface area contributed by atoms with Crippen molar-refractivity contribution in [2.45, 2.75) is 20.5 Å². The lowest BCUT2D eigenvalue weighted by Gasteiger charge is -2.15. The Bertz CT molecular complexity index is 1040. The summed E-state index contributed by atoms with van der Waals surface area (Å²) in [5.74, 6) is 1.40. The Balaban J connectivity index is 1.85. The van der Waals surface area contributed by atoms with E-state index in [9.17, 15) is 0 Å². The monoisotopic (exact) mass is 539 g/mol. The van der Waals surface area contributed by atoms with Crippen LogP contribution in [0.1, 0.15) is 23.6 Å². The third-order valence-electron chi connectivity index (χ3n) is 4.13. The molecule has 3 aromatic rings. The van der Waals surface area contributed by atoms with Crippen molar-refractivity contribution in [1.82, 2.24) is 0 Å². The van der Waals surface area contributed by atoms with E-state index in [2.05, 4.69) is 27.6 Å². The molecule has 0 heterocycles. The molecule has 0 radical (unpaired) electrons. The van der Waals surface area contributed by atoms with Crippen molar-refractivity contribution < 1.29 is 9.47 Å². The number of aryl methyl sites for hydroxylation is 1. The van der Waals surface area contributed by atoms with Gasteiger partial charge in [0.2, 0.25) is 0 Å². The molecule has 0 spiro atoms. The Hall–Kier alpha value is -1.76. The first-order chi connectivity index (χ1) is 14.0.